The number of sulfonamides is 1. The van der Waals surface area contributed by atoms with Gasteiger partial charge in [-0.05, 0) is 23.8 Å². The van der Waals surface area contributed by atoms with Crippen molar-refractivity contribution in [3.05, 3.63) is 71.2 Å². The first-order chi connectivity index (χ1) is 11.5. The summed E-state index contributed by atoms with van der Waals surface area (Å²) in [5.74, 6) is 0.635. The van der Waals surface area contributed by atoms with Gasteiger partial charge in [0.1, 0.15) is 5.75 Å². The summed E-state index contributed by atoms with van der Waals surface area (Å²) in [4.78, 5) is 0.214. The van der Waals surface area contributed by atoms with Crippen molar-refractivity contribution in [3.8, 4) is 5.75 Å². The monoisotopic (exact) mass is 361 g/mol. The molecular weight excluding hydrogens is 346 g/mol. The van der Waals surface area contributed by atoms with Crippen molar-refractivity contribution in [2.75, 3.05) is 7.11 Å². The summed E-state index contributed by atoms with van der Waals surface area (Å²) in [6.07, 6.45) is 0. The van der Waals surface area contributed by atoms with E-state index in [4.69, 9.17) is 16.3 Å². The minimum atomic E-state index is -3.69. The van der Waals surface area contributed by atoms with Crippen LogP contribution in [0.4, 0.5) is 0 Å². The summed E-state index contributed by atoms with van der Waals surface area (Å²) < 4.78 is 33.4. The second kappa shape index (κ2) is 6.81. The number of fused-ring (bicyclic) bond motifs is 1. The van der Waals surface area contributed by atoms with Gasteiger partial charge in [0.2, 0.25) is 10.0 Å². The van der Waals surface area contributed by atoms with Crippen LogP contribution in [0.3, 0.4) is 0 Å². The molecule has 0 heterocycles. The van der Waals surface area contributed by atoms with Crippen LogP contribution < -0.4 is 9.46 Å². The van der Waals surface area contributed by atoms with E-state index in [1.807, 2.05) is 18.2 Å². The second-order valence-electron chi connectivity index (χ2n) is 5.23. The molecule has 0 fully saturated rings. The number of nitrogens with one attached hydrogen (secondary N) is 1. The summed E-state index contributed by atoms with van der Waals surface area (Å²) in [6, 6.07) is 17.6. The van der Waals surface area contributed by atoms with Crippen LogP contribution in [0.15, 0.2) is 65.6 Å². The van der Waals surface area contributed by atoms with Crippen LogP contribution in [0.1, 0.15) is 5.56 Å². The molecule has 0 aliphatic rings. The Bertz CT molecular complexity index is 986. The van der Waals surface area contributed by atoms with Gasteiger partial charge in [-0.1, -0.05) is 54.1 Å². The predicted molar refractivity (Wildman–Crippen MR) is 96.0 cm³/mol. The van der Waals surface area contributed by atoms with E-state index in [0.29, 0.717) is 16.2 Å². The molecule has 0 aliphatic heterocycles. The third kappa shape index (κ3) is 3.24. The lowest BCUT2D eigenvalue weighted by Crippen LogP contribution is -2.23. The second-order valence-corrected chi connectivity index (χ2v) is 7.37. The number of benzene rings is 3. The molecule has 24 heavy (non-hydrogen) atoms. The number of ether oxygens (including phenoxy) is 1. The van der Waals surface area contributed by atoms with Crippen molar-refractivity contribution >= 4 is 32.4 Å². The van der Waals surface area contributed by atoms with E-state index in [1.165, 1.54) is 0 Å². The van der Waals surface area contributed by atoms with Gasteiger partial charge in [0.15, 0.2) is 0 Å². The van der Waals surface area contributed by atoms with Gasteiger partial charge in [-0.2, -0.15) is 0 Å². The molecule has 3 aromatic rings. The van der Waals surface area contributed by atoms with Crippen LogP contribution in [-0.2, 0) is 16.6 Å². The van der Waals surface area contributed by atoms with Gasteiger partial charge in [0, 0.05) is 22.3 Å². The number of methoxy groups -OCH3 is 1. The normalized spacial score (nSPS) is 11.6. The molecule has 3 rings (SSSR count). The van der Waals surface area contributed by atoms with Gasteiger partial charge in [0.05, 0.1) is 12.0 Å². The van der Waals surface area contributed by atoms with E-state index in [1.54, 1.807) is 49.6 Å². The van der Waals surface area contributed by atoms with Crippen molar-refractivity contribution < 1.29 is 13.2 Å². The maximum atomic E-state index is 12.7. The Morgan fingerprint density at radius 2 is 1.62 bits per heavy atom. The molecule has 3 aromatic carbocycles. The van der Waals surface area contributed by atoms with Gasteiger partial charge in [0.25, 0.3) is 0 Å². The molecular formula is C18H16ClNO3S. The molecule has 0 saturated heterocycles. The molecule has 0 amide bonds. The van der Waals surface area contributed by atoms with Gasteiger partial charge in [-0.15, -0.1) is 0 Å². The number of rotatable bonds is 5. The molecule has 0 aromatic heterocycles. The summed E-state index contributed by atoms with van der Waals surface area (Å²) in [7, 11) is -2.13. The summed E-state index contributed by atoms with van der Waals surface area (Å²) in [6.45, 7) is 0.127. The minimum absolute atomic E-state index is 0.127. The molecule has 6 heteroatoms. The molecule has 1 N–H and O–H groups in total. The summed E-state index contributed by atoms with van der Waals surface area (Å²) in [5, 5.41) is 1.89. The van der Waals surface area contributed by atoms with Crippen LogP contribution in [0.5, 0.6) is 5.75 Å². The molecule has 4 nitrogen and oxygen atoms in total. The molecule has 124 valence electrons. The highest BCUT2D eigenvalue weighted by Crippen LogP contribution is 2.30. The first-order valence-electron chi connectivity index (χ1n) is 7.32. The van der Waals surface area contributed by atoms with E-state index < -0.39 is 10.0 Å². The average Bonchev–Trinajstić information content (AvgIpc) is 2.60. The van der Waals surface area contributed by atoms with Crippen LogP contribution in [-0.4, -0.2) is 15.5 Å². The highest BCUT2D eigenvalue weighted by atomic mass is 35.5. The smallest absolute Gasteiger partial charge is 0.241 e. The lowest BCUT2D eigenvalue weighted by atomic mass is 10.1. The Balaban J connectivity index is 1.99. The molecule has 0 saturated carbocycles. The molecule has 0 bridgehead atoms. The van der Waals surface area contributed by atoms with Crippen molar-refractivity contribution in [1.29, 1.82) is 0 Å². The van der Waals surface area contributed by atoms with E-state index in [-0.39, 0.29) is 11.4 Å². The SMILES string of the molecule is COc1ccc(S(=O)(=O)NCc2ccccc2Cl)c2ccccc12. The van der Waals surface area contributed by atoms with Crippen LogP contribution in [0, 0.1) is 0 Å². The predicted octanol–water partition coefficient (Wildman–Crippen LogP) is 3.98. The largest absolute Gasteiger partial charge is 0.496 e. The maximum absolute atomic E-state index is 12.7. The van der Waals surface area contributed by atoms with Crippen molar-refractivity contribution in [3.63, 3.8) is 0 Å². The Morgan fingerprint density at radius 1 is 0.958 bits per heavy atom. The first kappa shape index (κ1) is 16.8. The van der Waals surface area contributed by atoms with Crippen molar-refractivity contribution in [2.24, 2.45) is 0 Å². The van der Waals surface area contributed by atoms with Crippen LogP contribution >= 0.6 is 11.6 Å². The fourth-order valence-corrected chi connectivity index (χ4v) is 3.97. The minimum Gasteiger partial charge on any atom is -0.496 e. The van der Waals surface area contributed by atoms with Gasteiger partial charge >= 0.3 is 0 Å². The van der Waals surface area contributed by atoms with Gasteiger partial charge in [-0.3, -0.25) is 0 Å². The van der Waals surface area contributed by atoms with E-state index >= 15 is 0 Å². The van der Waals surface area contributed by atoms with Crippen LogP contribution in [0.2, 0.25) is 5.02 Å². The Kier molecular flexibility index (Phi) is 4.76. The quantitative estimate of drug-likeness (QED) is 0.747. The highest BCUT2D eigenvalue weighted by molar-refractivity contribution is 7.89. The van der Waals surface area contributed by atoms with Gasteiger partial charge in [-0.25, -0.2) is 13.1 Å². The summed E-state index contributed by atoms with van der Waals surface area (Å²) >= 11 is 6.08. The molecule has 0 radical (unpaired) electrons. The Hall–Kier alpha value is -2.08. The zero-order valence-corrected chi connectivity index (χ0v) is 14.6. The van der Waals surface area contributed by atoms with Crippen molar-refractivity contribution in [1.82, 2.24) is 4.72 Å². The Morgan fingerprint density at radius 3 is 2.33 bits per heavy atom. The Labute approximate surface area is 146 Å². The molecule has 0 atom stereocenters. The van der Waals surface area contributed by atoms with E-state index in [0.717, 1.165) is 10.9 Å². The van der Waals surface area contributed by atoms with Crippen molar-refractivity contribution in [2.45, 2.75) is 11.4 Å². The maximum Gasteiger partial charge on any atom is 0.241 e. The van der Waals surface area contributed by atoms with Gasteiger partial charge < -0.3 is 4.74 Å². The third-order valence-corrected chi connectivity index (χ3v) is 5.59. The average molecular weight is 362 g/mol. The topological polar surface area (TPSA) is 55.4 Å². The standard InChI is InChI=1S/C18H16ClNO3S/c1-23-17-10-11-18(15-8-4-3-7-14(15)17)24(21,22)20-12-13-6-2-5-9-16(13)19/h2-11,20H,12H2,1H3. The summed E-state index contributed by atoms with van der Waals surface area (Å²) in [5.41, 5.74) is 0.723. The zero-order chi connectivity index (χ0) is 17.2. The molecule has 0 spiro atoms. The molecule has 0 unspecified atom stereocenters. The highest BCUT2D eigenvalue weighted by Gasteiger charge is 2.19. The zero-order valence-electron chi connectivity index (χ0n) is 13.0. The lowest BCUT2D eigenvalue weighted by Gasteiger charge is -2.12. The number of hydrogen-bond donors (Lipinski definition) is 1. The van der Waals surface area contributed by atoms with Crippen LogP contribution in [0.25, 0.3) is 10.8 Å². The third-order valence-electron chi connectivity index (χ3n) is 3.76. The first-order valence-corrected chi connectivity index (χ1v) is 9.18. The fourth-order valence-electron chi connectivity index (χ4n) is 2.55. The number of hydrogen-bond acceptors (Lipinski definition) is 3. The number of halogens is 1. The lowest BCUT2D eigenvalue weighted by molar-refractivity contribution is 0.419. The van der Waals surface area contributed by atoms with E-state index in [9.17, 15) is 8.42 Å². The molecule has 0 aliphatic carbocycles. The van der Waals surface area contributed by atoms with E-state index in [2.05, 4.69) is 4.72 Å². The fraction of sp³-hybridized carbons (Fsp3) is 0.111.